The van der Waals surface area contributed by atoms with Crippen LogP contribution < -0.4 is 0 Å². The lowest BCUT2D eigenvalue weighted by atomic mass is 10.0. The van der Waals surface area contributed by atoms with Gasteiger partial charge in [0.05, 0.1) is 27.1 Å². The fraction of sp³-hybridized carbons (Fsp3) is 0.250. The first-order chi connectivity index (χ1) is 9.62. The minimum absolute atomic E-state index is 0.258. The fourth-order valence-corrected chi connectivity index (χ4v) is 2.04. The summed E-state index contributed by atoms with van der Waals surface area (Å²) in [6, 6.07) is 11.6. The molecule has 2 aromatic carbocycles. The maximum Gasteiger partial charge on any atom is 0.309 e. The minimum atomic E-state index is -0.258. The summed E-state index contributed by atoms with van der Waals surface area (Å²) >= 11 is 0. The number of benzene rings is 2. The monoisotopic (exact) mass is 272 g/mol. The summed E-state index contributed by atoms with van der Waals surface area (Å²) in [5.74, 6) is -0.515. The van der Waals surface area contributed by atoms with Gasteiger partial charge in [0.2, 0.25) is 0 Å². The fourth-order valence-electron chi connectivity index (χ4n) is 2.04. The maximum atomic E-state index is 11.3. The quantitative estimate of drug-likeness (QED) is 0.801. The van der Waals surface area contributed by atoms with Crippen molar-refractivity contribution >= 4 is 22.7 Å². The number of carbonyl (C=O) groups excluding carboxylic acids is 2. The molecule has 0 heterocycles. The Bertz CT molecular complexity index is 589. The van der Waals surface area contributed by atoms with E-state index in [4.69, 9.17) is 0 Å². The average Bonchev–Trinajstić information content (AvgIpc) is 2.47. The number of hydrogen-bond acceptors (Lipinski definition) is 4. The van der Waals surface area contributed by atoms with Gasteiger partial charge in [0.1, 0.15) is 0 Å². The molecule has 4 heteroatoms. The molecule has 0 bridgehead atoms. The van der Waals surface area contributed by atoms with Gasteiger partial charge in [-0.1, -0.05) is 36.4 Å². The molecule has 0 N–H and O–H groups in total. The van der Waals surface area contributed by atoms with E-state index in [2.05, 4.69) is 9.47 Å². The molecule has 0 saturated heterocycles. The zero-order chi connectivity index (χ0) is 14.5. The van der Waals surface area contributed by atoms with Gasteiger partial charge < -0.3 is 9.47 Å². The van der Waals surface area contributed by atoms with Crippen molar-refractivity contribution in [3.8, 4) is 0 Å². The van der Waals surface area contributed by atoms with Gasteiger partial charge in [0.25, 0.3) is 0 Å². The lowest BCUT2D eigenvalue weighted by Gasteiger charge is -2.05. The van der Waals surface area contributed by atoms with Crippen LogP contribution in [-0.2, 0) is 31.9 Å². The maximum absolute atomic E-state index is 11.3. The highest BCUT2D eigenvalue weighted by molar-refractivity contribution is 5.86. The second-order valence-electron chi connectivity index (χ2n) is 4.52. The van der Waals surface area contributed by atoms with Crippen LogP contribution >= 0.6 is 0 Å². The molecule has 0 spiro atoms. The van der Waals surface area contributed by atoms with Crippen LogP contribution in [0, 0.1) is 0 Å². The van der Waals surface area contributed by atoms with Gasteiger partial charge in [-0.15, -0.1) is 0 Å². The molecule has 20 heavy (non-hydrogen) atoms. The summed E-state index contributed by atoms with van der Waals surface area (Å²) in [5, 5.41) is 2.06. The van der Waals surface area contributed by atoms with E-state index < -0.39 is 0 Å². The highest BCUT2D eigenvalue weighted by Crippen LogP contribution is 2.19. The second-order valence-corrected chi connectivity index (χ2v) is 4.52. The van der Waals surface area contributed by atoms with Crippen molar-refractivity contribution in [2.75, 3.05) is 14.2 Å². The summed E-state index contributed by atoms with van der Waals surface area (Å²) in [6.07, 6.45) is 0.521. The summed E-state index contributed by atoms with van der Waals surface area (Å²) in [7, 11) is 2.75. The standard InChI is InChI=1S/C16H16O4/c1-19-15(17)9-11-3-5-14-8-12(10-16(18)20-2)4-6-13(14)7-11/h3-8H,9-10H2,1-2H3. The van der Waals surface area contributed by atoms with Crippen molar-refractivity contribution in [2.45, 2.75) is 12.8 Å². The molecule has 0 amide bonds. The van der Waals surface area contributed by atoms with Gasteiger partial charge in [-0.2, -0.15) is 0 Å². The Kier molecular flexibility index (Phi) is 4.35. The zero-order valence-electron chi connectivity index (χ0n) is 11.5. The van der Waals surface area contributed by atoms with Gasteiger partial charge in [-0.25, -0.2) is 0 Å². The molecule has 0 aliphatic heterocycles. The van der Waals surface area contributed by atoms with E-state index in [1.165, 1.54) is 14.2 Å². The van der Waals surface area contributed by atoms with Crippen molar-refractivity contribution in [2.24, 2.45) is 0 Å². The Labute approximate surface area is 117 Å². The molecule has 0 aromatic heterocycles. The lowest BCUT2D eigenvalue weighted by molar-refractivity contribution is -0.140. The smallest absolute Gasteiger partial charge is 0.309 e. The third-order valence-electron chi connectivity index (χ3n) is 3.12. The van der Waals surface area contributed by atoms with Crippen molar-refractivity contribution in [1.29, 1.82) is 0 Å². The minimum Gasteiger partial charge on any atom is -0.469 e. The molecule has 0 saturated carbocycles. The molecule has 4 nitrogen and oxygen atoms in total. The Morgan fingerprint density at radius 3 is 1.55 bits per heavy atom. The summed E-state index contributed by atoms with van der Waals surface area (Å²) in [6.45, 7) is 0. The first-order valence-electron chi connectivity index (χ1n) is 6.27. The number of methoxy groups -OCH3 is 2. The second kappa shape index (κ2) is 6.19. The SMILES string of the molecule is COC(=O)Cc1ccc2cc(CC(=O)OC)ccc2c1. The van der Waals surface area contributed by atoms with E-state index in [0.29, 0.717) is 0 Å². The Hall–Kier alpha value is -2.36. The predicted molar refractivity (Wildman–Crippen MR) is 75.4 cm³/mol. The van der Waals surface area contributed by atoms with Crippen LogP contribution in [0.4, 0.5) is 0 Å². The Balaban J connectivity index is 2.25. The van der Waals surface area contributed by atoms with Gasteiger partial charge >= 0.3 is 11.9 Å². The van der Waals surface area contributed by atoms with Crippen LogP contribution in [0.2, 0.25) is 0 Å². The Morgan fingerprint density at radius 2 is 1.20 bits per heavy atom. The molecule has 0 fully saturated rings. The summed E-state index contributed by atoms with van der Waals surface area (Å²) in [4.78, 5) is 22.5. The van der Waals surface area contributed by atoms with Crippen LogP contribution in [0.1, 0.15) is 11.1 Å². The molecule has 0 aliphatic rings. The van der Waals surface area contributed by atoms with Crippen LogP contribution in [0.3, 0.4) is 0 Å². The van der Waals surface area contributed by atoms with Crippen molar-refractivity contribution in [3.63, 3.8) is 0 Å². The summed E-state index contributed by atoms with van der Waals surface area (Å²) in [5.41, 5.74) is 1.81. The topological polar surface area (TPSA) is 52.6 Å². The number of ether oxygens (including phenoxy) is 2. The third-order valence-corrected chi connectivity index (χ3v) is 3.12. The van der Waals surface area contributed by atoms with E-state index in [1.54, 1.807) is 0 Å². The van der Waals surface area contributed by atoms with Crippen molar-refractivity contribution < 1.29 is 19.1 Å². The highest BCUT2D eigenvalue weighted by atomic mass is 16.5. The van der Waals surface area contributed by atoms with E-state index in [-0.39, 0.29) is 24.8 Å². The van der Waals surface area contributed by atoms with Crippen LogP contribution in [0.25, 0.3) is 10.8 Å². The largest absolute Gasteiger partial charge is 0.469 e. The molecular weight excluding hydrogens is 256 g/mol. The third kappa shape index (κ3) is 3.35. The molecule has 2 aromatic rings. The lowest BCUT2D eigenvalue weighted by Crippen LogP contribution is -2.05. The highest BCUT2D eigenvalue weighted by Gasteiger charge is 2.06. The Morgan fingerprint density at radius 1 is 0.800 bits per heavy atom. The molecule has 104 valence electrons. The molecule has 0 radical (unpaired) electrons. The number of rotatable bonds is 4. The van der Waals surface area contributed by atoms with Crippen LogP contribution in [0.5, 0.6) is 0 Å². The predicted octanol–water partition coefficient (Wildman–Crippen LogP) is 2.27. The number of carbonyl (C=O) groups is 2. The van der Waals surface area contributed by atoms with Gasteiger partial charge in [-0.3, -0.25) is 9.59 Å². The molecule has 2 rings (SSSR count). The number of hydrogen-bond donors (Lipinski definition) is 0. The van der Waals surface area contributed by atoms with E-state index in [1.807, 2.05) is 36.4 Å². The number of fused-ring (bicyclic) bond motifs is 1. The summed E-state index contributed by atoms with van der Waals surface area (Å²) < 4.78 is 9.30. The van der Waals surface area contributed by atoms with Crippen molar-refractivity contribution in [1.82, 2.24) is 0 Å². The van der Waals surface area contributed by atoms with Crippen LogP contribution in [0.15, 0.2) is 36.4 Å². The molecule has 0 unspecified atom stereocenters. The normalized spacial score (nSPS) is 10.3. The molecule has 0 aliphatic carbocycles. The number of esters is 2. The molecular formula is C16H16O4. The van der Waals surface area contributed by atoms with Gasteiger partial charge in [-0.05, 0) is 21.9 Å². The average molecular weight is 272 g/mol. The zero-order valence-corrected chi connectivity index (χ0v) is 11.5. The molecule has 0 atom stereocenters. The van der Waals surface area contributed by atoms with Crippen LogP contribution in [-0.4, -0.2) is 26.2 Å². The van der Waals surface area contributed by atoms with Crippen molar-refractivity contribution in [3.05, 3.63) is 47.5 Å². The van der Waals surface area contributed by atoms with E-state index >= 15 is 0 Å². The van der Waals surface area contributed by atoms with Gasteiger partial charge in [0, 0.05) is 0 Å². The van der Waals surface area contributed by atoms with E-state index in [0.717, 1.165) is 21.9 Å². The first-order valence-corrected chi connectivity index (χ1v) is 6.27. The first kappa shape index (κ1) is 14.1. The van der Waals surface area contributed by atoms with Gasteiger partial charge in [0.15, 0.2) is 0 Å². The van der Waals surface area contributed by atoms with E-state index in [9.17, 15) is 9.59 Å².